The van der Waals surface area contributed by atoms with Crippen LogP contribution in [-0.2, 0) is 0 Å². The lowest BCUT2D eigenvalue weighted by molar-refractivity contribution is 0.00453. The number of halogens is 1. The number of nitrogens with zero attached hydrogens (tertiary/aromatic N) is 1. The molecule has 4 rings (SSSR count). The van der Waals surface area contributed by atoms with Crippen molar-refractivity contribution in [2.24, 2.45) is 35.0 Å². The van der Waals surface area contributed by atoms with Crippen LogP contribution in [0.2, 0.25) is 0 Å². The Morgan fingerprint density at radius 3 is 2.07 bits per heavy atom. The quantitative estimate of drug-likeness (QED) is 0.191. The molecule has 3 unspecified atom stereocenters. The lowest BCUT2D eigenvalue weighted by atomic mass is 9.64. The normalized spacial score (nSPS) is 30.3. The van der Waals surface area contributed by atoms with Gasteiger partial charge in [0.1, 0.15) is 0 Å². The van der Waals surface area contributed by atoms with Gasteiger partial charge < -0.3 is 43.1 Å². The maximum atomic E-state index is 6.43. The number of allylic oxidation sites excluding steroid dienone is 2. The van der Waals surface area contributed by atoms with E-state index in [2.05, 4.69) is 54.8 Å². The van der Waals surface area contributed by atoms with Gasteiger partial charge in [0.2, 0.25) is 0 Å². The zero-order chi connectivity index (χ0) is 26.3. The third-order valence-corrected chi connectivity index (χ3v) is 11.9. The molecule has 1 saturated heterocycles. The van der Waals surface area contributed by atoms with E-state index >= 15 is 0 Å². The third kappa shape index (κ3) is 15.7. The number of rotatable bonds is 11. The number of alkyl halides is 1. The Hall–Kier alpha value is 0.0200. The molecule has 2 saturated carbocycles. The number of hydrogen-bond acceptors (Lipinski definition) is 4. The molecule has 0 aromatic rings. The van der Waals surface area contributed by atoms with Crippen molar-refractivity contribution in [2.75, 3.05) is 32.7 Å². The lowest BCUT2D eigenvalue weighted by Gasteiger charge is -2.49. The van der Waals surface area contributed by atoms with Crippen LogP contribution in [0.1, 0.15) is 112 Å². The van der Waals surface area contributed by atoms with Crippen LogP contribution < -0.4 is 10.0 Å². The van der Waals surface area contributed by atoms with Crippen molar-refractivity contribution in [2.45, 2.75) is 129 Å². The van der Waals surface area contributed by atoms with Gasteiger partial charge in [-0.2, -0.15) is 0 Å². The van der Waals surface area contributed by atoms with E-state index in [1.54, 1.807) is 0 Å². The molecule has 5 atom stereocenters. The Morgan fingerprint density at radius 2 is 1.50 bits per heavy atom. The van der Waals surface area contributed by atoms with E-state index in [9.17, 15) is 0 Å². The van der Waals surface area contributed by atoms with Gasteiger partial charge in [-0.05, 0) is 119 Å². The molecular weight excluding hydrogens is 602 g/mol. The van der Waals surface area contributed by atoms with Crippen LogP contribution >= 0.6 is 23.5 Å². The largest absolute Gasteiger partial charge is 0.412 e. The molecule has 1 heterocycles. The fourth-order valence-corrected chi connectivity index (χ4v) is 9.31. The molecule has 9 nitrogen and oxygen atoms in total. The van der Waals surface area contributed by atoms with Crippen molar-refractivity contribution < 1.29 is 32.9 Å². The fourth-order valence-electron chi connectivity index (χ4n) is 8.03. The van der Waals surface area contributed by atoms with E-state index in [0.717, 1.165) is 28.9 Å². The molecule has 0 spiro atoms. The van der Waals surface area contributed by atoms with Crippen LogP contribution in [0.15, 0.2) is 12.2 Å². The molecule has 3 aliphatic carbocycles. The van der Waals surface area contributed by atoms with E-state index in [1.807, 2.05) is 11.9 Å². The van der Waals surface area contributed by atoms with Crippen LogP contribution in [0.3, 0.4) is 0 Å². The molecule has 0 bridgehead atoms. The van der Waals surface area contributed by atoms with Crippen LogP contribution in [0.5, 0.6) is 0 Å². The highest BCUT2D eigenvalue weighted by Gasteiger charge is 2.41. The number of piperidine rings is 1. The highest BCUT2D eigenvalue weighted by atomic mass is 35.5. The smallest absolute Gasteiger partial charge is 0.0336 e. The van der Waals surface area contributed by atoms with Crippen LogP contribution in [0, 0.1) is 35.0 Å². The fraction of sp³-hybridized carbons (Fsp3) is 0.939. The molecule has 1 aliphatic heterocycles. The minimum atomic E-state index is 0. The second-order valence-electron chi connectivity index (χ2n) is 14.2. The molecule has 44 heavy (non-hydrogen) atoms. The first kappa shape index (κ1) is 50.9. The van der Waals surface area contributed by atoms with E-state index in [-0.39, 0.29) is 40.3 Å². The van der Waals surface area contributed by atoms with Crippen LogP contribution in [0.4, 0.5) is 0 Å². The molecule has 0 radical (unpaired) electrons. The summed E-state index contributed by atoms with van der Waals surface area (Å²) in [5.74, 6) is 4.17. The second kappa shape index (κ2) is 25.1. The van der Waals surface area contributed by atoms with E-state index < -0.39 is 0 Å². The summed E-state index contributed by atoms with van der Waals surface area (Å²) in [6.45, 7) is 16.1. The maximum absolute atomic E-state index is 6.43. The number of hydrogen-bond donors (Lipinski definition) is 2. The Labute approximate surface area is 279 Å². The molecule has 3 fully saturated rings. The number of likely N-dealkylation sites (tertiary alicyclic amines) is 1. The summed E-state index contributed by atoms with van der Waals surface area (Å²) in [7, 11) is 0. The molecular formula is C33H74ClN3O6S. The minimum absolute atomic E-state index is 0. The molecule has 11 heteroatoms. The summed E-state index contributed by atoms with van der Waals surface area (Å²) >= 11 is 8.44. The predicted octanol–water partition coefficient (Wildman–Crippen LogP) is 3.59. The first-order chi connectivity index (χ1) is 17.8. The Balaban J connectivity index is -0.00000114. The Bertz CT molecular complexity index is 715. The van der Waals surface area contributed by atoms with E-state index in [4.69, 9.17) is 11.6 Å². The highest BCUT2D eigenvalue weighted by molar-refractivity contribution is 7.98. The van der Waals surface area contributed by atoms with Gasteiger partial charge in [-0.1, -0.05) is 65.6 Å². The summed E-state index contributed by atoms with van der Waals surface area (Å²) in [6, 6.07) is 0.604. The van der Waals surface area contributed by atoms with Crippen molar-refractivity contribution in [1.82, 2.24) is 14.9 Å². The average Bonchev–Trinajstić information content (AvgIpc) is 2.87. The third-order valence-electron chi connectivity index (χ3n) is 10.3. The first-order valence-corrected chi connectivity index (χ1v) is 17.2. The molecule has 0 aromatic carbocycles. The van der Waals surface area contributed by atoms with Gasteiger partial charge in [0, 0.05) is 36.3 Å². The summed E-state index contributed by atoms with van der Waals surface area (Å²) < 4.78 is 3.77. The van der Waals surface area contributed by atoms with Gasteiger partial charge in [-0.25, -0.2) is 0 Å². The predicted molar refractivity (Wildman–Crippen MR) is 193 cm³/mol. The molecule has 14 N–H and O–H groups in total. The van der Waals surface area contributed by atoms with Crippen molar-refractivity contribution in [3.8, 4) is 0 Å². The lowest BCUT2D eigenvalue weighted by Crippen LogP contribution is -2.53. The van der Waals surface area contributed by atoms with Crippen molar-refractivity contribution in [1.29, 1.82) is 0 Å². The highest BCUT2D eigenvalue weighted by Crippen LogP contribution is 2.45. The molecule has 0 amide bonds. The van der Waals surface area contributed by atoms with Crippen LogP contribution in [0.25, 0.3) is 0 Å². The van der Waals surface area contributed by atoms with Gasteiger partial charge in [0.25, 0.3) is 0 Å². The van der Waals surface area contributed by atoms with Crippen molar-refractivity contribution >= 4 is 23.5 Å². The summed E-state index contributed by atoms with van der Waals surface area (Å²) in [4.78, 5) is 2.80. The Kier molecular flexibility index (Phi) is 29.0. The monoisotopic (exact) mass is 675 g/mol. The van der Waals surface area contributed by atoms with Crippen molar-refractivity contribution in [3.63, 3.8) is 0 Å². The van der Waals surface area contributed by atoms with E-state index in [0.29, 0.717) is 22.8 Å². The van der Waals surface area contributed by atoms with Crippen molar-refractivity contribution in [3.05, 3.63) is 12.2 Å². The van der Waals surface area contributed by atoms with Gasteiger partial charge in [-0.15, -0.1) is 11.6 Å². The molecule has 270 valence electrons. The maximum Gasteiger partial charge on any atom is 0.0336 e. The van der Waals surface area contributed by atoms with E-state index in [1.165, 1.54) is 110 Å². The van der Waals surface area contributed by atoms with Crippen LogP contribution in [-0.4, -0.2) is 87.1 Å². The van der Waals surface area contributed by atoms with Gasteiger partial charge in [-0.3, -0.25) is 4.72 Å². The summed E-state index contributed by atoms with van der Waals surface area (Å²) in [5.41, 5.74) is 0.416. The average molecular weight is 676 g/mol. The first-order valence-electron chi connectivity index (χ1n) is 15.9. The Morgan fingerprint density at radius 1 is 0.864 bits per heavy atom. The minimum Gasteiger partial charge on any atom is -0.412 e. The topological polar surface area (TPSA) is 216 Å². The zero-order valence-corrected chi connectivity index (χ0v) is 29.1. The SMILES string of the molecule is C.CC(C)[C@H](CN1CC[C@H](C2CCC(Cl)CC2)C(C)(C)C1)NCC1CCCC(CNSC2CC=CCC2)C1.O.O.O.O.O.O. The molecule has 4 aliphatic rings. The number of nitrogens with one attached hydrogen (secondary N) is 2. The molecule has 0 aromatic heterocycles. The van der Waals surface area contributed by atoms with Gasteiger partial charge in [0.15, 0.2) is 0 Å². The standard InChI is InChI=1S/C32H58ClN3S.CH4.6H2O/c1-24(2)31(22-36-18-17-30(32(3,4)23-36)27-13-15-28(33)16-14-27)34-20-25-9-8-10-26(19-25)21-35-37-29-11-6-5-7-12-29;;;;;;;/h5-6,24-31,34-35H,7-23H2,1-4H3;1H4;6*1H2/t25?,26?,27?,28?,29?,30-,31+;;;;;;;/m1......./s1. The summed E-state index contributed by atoms with van der Waals surface area (Å²) in [5, 5.41) is 5.30. The summed E-state index contributed by atoms with van der Waals surface area (Å²) in [6.07, 6.45) is 20.8. The van der Waals surface area contributed by atoms with Gasteiger partial charge in [0.05, 0.1) is 0 Å². The second-order valence-corrected chi connectivity index (χ2v) is 16.0. The van der Waals surface area contributed by atoms with Gasteiger partial charge >= 0.3 is 0 Å². The zero-order valence-electron chi connectivity index (χ0n) is 27.5.